The van der Waals surface area contributed by atoms with Crippen LogP contribution in [-0.4, -0.2) is 35.8 Å². The van der Waals surface area contributed by atoms with E-state index in [1.165, 1.54) is 0 Å². The zero-order valence-corrected chi connectivity index (χ0v) is 12.2. The Morgan fingerprint density at radius 2 is 2.44 bits per heavy atom. The molecule has 0 aliphatic carbocycles. The molecule has 0 radical (unpaired) electrons. The van der Waals surface area contributed by atoms with Crippen LogP contribution in [0, 0.1) is 0 Å². The molecular formula is C12H19BrN4O. The molecule has 1 aliphatic heterocycles. The lowest BCUT2D eigenvalue weighted by Gasteiger charge is -2.24. The summed E-state index contributed by atoms with van der Waals surface area (Å²) in [6, 6.07) is 0.337. The molecule has 1 saturated heterocycles. The monoisotopic (exact) mass is 314 g/mol. The third-order valence-corrected chi connectivity index (χ3v) is 3.36. The predicted molar refractivity (Wildman–Crippen MR) is 76.0 cm³/mol. The minimum Gasteiger partial charge on any atom is -0.379 e. The topological polar surface area (TPSA) is 59.1 Å². The summed E-state index contributed by atoms with van der Waals surface area (Å²) in [5.41, 5.74) is 0. The van der Waals surface area contributed by atoms with E-state index in [9.17, 15) is 0 Å². The standard InChI is InChI=1S/C12H19BrN4O/c1-2-5-14-12-15-7-10(13)11(17-12)16-9-4-3-6-18-8-9/h7,9H,2-6,8H2,1H3,(H2,14,15,16,17). The molecule has 5 nitrogen and oxygen atoms in total. The summed E-state index contributed by atoms with van der Waals surface area (Å²) in [7, 11) is 0. The van der Waals surface area contributed by atoms with Crippen molar-refractivity contribution in [1.29, 1.82) is 0 Å². The lowest BCUT2D eigenvalue weighted by molar-refractivity contribution is 0.0875. The van der Waals surface area contributed by atoms with E-state index < -0.39 is 0 Å². The fourth-order valence-corrected chi connectivity index (χ4v) is 2.14. The summed E-state index contributed by atoms with van der Waals surface area (Å²) >= 11 is 3.47. The molecule has 0 spiro atoms. The van der Waals surface area contributed by atoms with Crippen molar-refractivity contribution in [2.24, 2.45) is 0 Å². The molecule has 2 N–H and O–H groups in total. The molecule has 1 fully saturated rings. The largest absolute Gasteiger partial charge is 0.379 e. The minimum atomic E-state index is 0.337. The van der Waals surface area contributed by atoms with Crippen LogP contribution in [0.15, 0.2) is 10.7 Å². The smallest absolute Gasteiger partial charge is 0.224 e. The van der Waals surface area contributed by atoms with Crippen molar-refractivity contribution in [2.45, 2.75) is 32.2 Å². The van der Waals surface area contributed by atoms with Gasteiger partial charge in [0.05, 0.1) is 17.1 Å². The van der Waals surface area contributed by atoms with Crippen molar-refractivity contribution in [3.63, 3.8) is 0 Å². The highest BCUT2D eigenvalue weighted by atomic mass is 79.9. The normalized spacial score (nSPS) is 19.6. The first-order valence-electron chi connectivity index (χ1n) is 6.40. The van der Waals surface area contributed by atoms with Gasteiger partial charge in [-0.25, -0.2) is 4.98 Å². The minimum absolute atomic E-state index is 0.337. The third-order valence-electron chi connectivity index (χ3n) is 2.78. The molecule has 1 unspecified atom stereocenters. The van der Waals surface area contributed by atoms with Crippen LogP contribution in [0.25, 0.3) is 0 Å². The van der Waals surface area contributed by atoms with Gasteiger partial charge in [-0.3, -0.25) is 0 Å². The molecule has 6 heteroatoms. The highest BCUT2D eigenvalue weighted by molar-refractivity contribution is 9.10. The Kier molecular flexibility index (Phi) is 5.19. The summed E-state index contributed by atoms with van der Waals surface area (Å²) < 4.78 is 6.34. The van der Waals surface area contributed by atoms with Crippen molar-refractivity contribution >= 4 is 27.7 Å². The van der Waals surface area contributed by atoms with Gasteiger partial charge in [0.15, 0.2) is 0 Å². The molecule has 0 amide bonds. The van der Waals surface area contributed by atoms with Crippen molar-refractivity contribution in [2.75, 3.05) is 30.4 Å². The van der Waals surface area contributed by atoms with Gasteiger partial charge in [0, 0.05) is 19.3 Å². The number of ether oxygens (including phenoxy) is 1. The van der Waals surface area contributed by atoms with E-state index in [-0.39, 0.29) is 0 Å². The van der Waals surface area contributed by atoms with E-state index in [0.717, 1.165) is 49.3 Å². The van der Waals surface area contributed by atoms with Crippen molar-refractivity contribution < 1.29 is 4.74 Å². The van der Waals surface area contributed by atoms with Gasteiger partial charge in [0.25, 0.3) is 0 Å². The van der Waals surface area contributed by atoms with Gasteiger partial charge in [-0.15, -0.1) is 0 Å². The van der Waals surface area contributed by atoms with Gasteiger partial charge in [0.2, 0.25) is 5.95 Å². The van der Waals surface area contributed by atoms with Crippen LogP contribution in [0.2, 0.25) is 0 Å². The molecule has 1 atom stereocenters. The molecule has 2 rings (SSSR count). The molecule has 0 aromatic carbocycles. The van der Waals surface area contributed by atoms with E-state index in [4.69, 9.17) is 4.74 Å². The van der Waals surface area contributed by atoms with Crippen LogP contribution in [0.5, 0.6) is 0 Å². The van der Waals surface area contributed by atoms with E-state index in [1.807, 2.05) is 0 Å². The van der Waals surface area contributed by atoms with Crippen LogP contribution in [0.3, 0.4) is 0 Å². The number of nitrogens with zero attached hydrogens (tertiary/aromatic N) is 2. The quantitative estimate of drug-likeness (QED) is 0.875. The van der Waals surface area contributed by atoms with Gasteiger partial charge in [0.1, 0.15) is 5.82 Å². The summed E-state index contributed by atoms with van der Waals surface area (Å²) in [4.78, 5) is 8.70. The average Bonchev–Trinajstić information content (AvgIpc) is 2.41. The summed E-state index contributed by atoms with van der Waals surface area (Å²) in [5, 5.41) is 6.59. The maximum absolute atomic E-state index is 5.45. The molecule has 100 valence electrons. The Hall–Kier alpha value is -0.880. The van der Waals surface area contributed by atoms with E-state index in [0.29, 0.717) is 12.0 Å². The van der Waals surface area contributed by atoms with E-state index in [2.05, 4.69) is 43.5 Å². The molecule has 0 bridgehead atoms. The Bertz CT molecular complexity index is 382. The molecule has 1 aromatic rings. The number of hydrogen-bond donors (Lipinski definition) is 2. The summed E-state index contributed by atoms with van der Waals surface area (Å²) in [6.45, 7) is 4.61. The third kappa shape index (κ3) is 3.81. The Morgan fingerprint density at radius 3 is 3.17 bits per heavy atom. The second-order valence-electron chi connectivity index (χ2n) is 4.38. The molecule has 0 saturated carbocycles. The highest BCUT2D eigenvalue weighted by Gasteiger charge is 2.15. The Morgan fingerprint density at radius 1 is 1.56 bits per heavy atom. The van der Waals surface area contributed by atoms with Crippen molar-refractivity contribution in [3.05, 3.63) is 10.7 Å². The number of halogens is 1. The lowest BCUT2D eigenvalue weighted by atomic mass is 10.1. The van der Waals surface area contributed by atoms with E-state index in [1.54, 1.807) is 6.20 Å². The average molecular weight is 315 g/mol. The number of hydrogen-bond acceptors (Lipinski definition) is 5. The molecule has 18 heavy (non-hydrogen) atoms. The molecular weight excluding hydrogens is 296 g/mol. The summed E-state index contributed by atoms with van der Waals surface area (Å²) in [5.74, 6) is 1.50. The summed E-state index contributed by atoms with van der Waals surface area (Å²) in [6.07, 6.45) is 5.05. The molecule has 2 heterocycles. The van der Waals surface area contributed by atoms with Crippen LogP contribution in [0.4, 0.5) is 11.8 Å². The lowest BCUT2D eigenvalue weighted by Crippen LogP contribution is -2.30. The van der Waals surface area contributed by atoms with Gasteiger partial charge < -0.3 is 15.4 Å². The first-order valence-corrected chi connectivity index (χ1v) is 7.19. The Balaban J connectivity index is 2.00. The first kappa shape index (κ1) is 13.5. The van der Waals surface area contributed by atoms with Gasteiger partial charge in [-0.05, 0) is 35.2 Å². The number of rotatable bonds is 5. The first-order chi connectivity index (χ1) is 8.79. The van der Waals surface area contributed by atoms with Crippen LogP contribution < -0.4 is 10.6 Å². The number of nitrogens with one attached hydrogen (secondary N) is 2. The van der Waals surface area contributed by atoms with Crippen molar-refractivity contribution in [3.8, 4) is 0 Å². The van der Waals surface area contributed by atoms with Crippen LogP contribution >= 0.6 is 15.9 Å². The SMILES string of the molecule is CCCNc1ncc(Br)c(NC2CCCOC2)n1. The van der Waals surface area contributed by atoms with Gasteiger partial charge in [-0.1, -0.05) is 6.92 Å². The fraction of sp³-hybridized carbons (Fsp3) is 0.667. The second kappa shape index (κ2) is 6.89. The Labute approximate surface area is 116 Å². The maximum Gasteiger partial charge on any atom is 0.224 e. The zero-order valence-electron chi connectivity index (χ0n) is 10.6. The van der Waals surface area contributed by atoms with Gasteiger partial charge >= 0.3 is 0 Å². The fourth-order valence-electron chi connectivity index (χ4n) is 1.84. The second-order valence-corrected chi connectivity index (χ2v) is 5.23. The van der Waals surface area contributed by atoms with Gasteiger partial charge in [-0.2, -0.15) is 4.98 Å². The number of aromatic nitrogens is 2. The molecule has 1 aliphatic rings. The van der Waals surface area contributed by atoms with Crippen LogP contribution in [0.1, 0.15) is 26.2 Å². The maximum atomic E-state index is 5.45. The van der Waals surface area contributed by atoms with Crippen molar-refractivity contribution in [1.82, 2.24) is 9.97 Å². The van der Waals surface area contributed by atoms with Crippen LogP contribution in [-0.2, 0) is 4.74 Å². The molecule has 1 aromatic heterocycles. The van der Waals surface area contributed by atoms with E-state index >= 15 is 0 Å². The predicted octanol–water partition coefficient (Wildman–Crippen LogP) is 2.65. The zero-order chi connectivity index (χ0) is 12.8. The number of anilines is 2. The highest BCUT2D eigenvalue weighted by Crippen LogP contribution is 2.22.